The molecule has 1 aliphatic rings. The molecular weight excluding hydrogens is 382 g/mol. The number of anilines is 1. The summed E-state index contributed by atoms with van der Waals surface area (Å²) in [4.78, 5) is 12.7. The standard InChI is InChI=1S/C18H24BrN5O/c1-11(2)16-15(19)17(22-21-16)18(25)20-14-9-12(3)23-24(14)10-13-7-5-4-6-8-13/h4-9,11,15-17,21-22H,10H2,1-3H3,(H,20,25). The fourth-order valence-corrected chi connectivity index (χ4v) is 4.14. The van der Waals surface area contributed by atoms with E-state index in [1.807, 2.05) is 48.0 Å². The minimum Gasteiger partial charge on any atom is -0.309 e. The Bertz CT molecular complexity index is 730. The van der Waals surface area contributed by atoms with Crippen molar-refractivity contribution in [1.29, 1.82) is 0 Å². The van der Waals surface area contributed by atoms with E-state index in [4.69, 9.17) is 0 Å². The molecule has 3 N–H and O–H groups in total. The average molecular weight is 406 g/mol. The third kappa shape index (κ3) is 4.11. The highest BCUT2D eigenvalue weighted by molar-refractivity contribution is 9.09. The molecule has 0 radical (unpaired) electrons. The third-order valence-corrected chi connectivity index (χ3v) is 5.49. The summed E-state index contributed by atoms with van der Waals surface area (Å²) in [5.74, 6) is 1.05. The van der Waals surface area contributed by atoms with Crippen LogP contribution in [-0.2, 0) is 11.3 Å². The van der Waals surface area contributed by atoms with Gasteiger partial charge in [0.2, 0.25) is 5.91 Å². The van der Waals surface area contributed by atoms with E-state index in [-0.39, 0.29) is 22.8 Å². The number of carbonyl (C=O) groups is 1. The highest BCUT2D eigenvalue weighted by atomic mass is 79.9. The monoisotopic (exact) mass is 405 g/mol. The van der Waals surface area contributed by atoms with Gasteiger partial charge in [-0.2, -0.15) is 5.10 Å². The summed E-state index contributed by atoms with van der Waals surface area (Å²) >= 11 is 3.65. The van der Waals surface area contributed by atoms with Crippen molar-refractivity contribution in [3.05, 3.63) is 47.7 Å². The van der Waals surface area contributed by atoms with Crippen LogP contribution < -0.4 is 16.2 Å². The van der Waals surface area contributed by atoms with Crippen molar-refractivity contribution in [2.75, 3.05) is 5.32 Å². The van der Waals surface area contributed by atoms with Gasteiger partial charge in [-0.05, 0) is 18.4 Å². The first-order valence-electron chi connectivity index (χ1n) is 8.50. The van der Waals surface area contributed by atoms with E-state index in [2.05, 4.69) is 51.0 Å². The minimum absolute atomic E-state index is 0.0269. The Hall–Kier alpha value is -1.70. The van der Waals surface area contributed by atoms with Crippen LogP contribution in [0.5, 0.6) is 0 Å². The lowest BCUT2D eigenvalue weighted by Crippen LogP contribution is -2.42. The SMILES string of the molecule is Cc1cc(NC(=O)C2NNC(C(C)C)C2Br)n(Cc2ccccc2)n1. The fraction of sp³-hybridized carbons (Fsp3) is 0.444. The van der Waals surface area contributed by atoms with Crippen molar-refractivity contribution in [2.45, 2.75) is 44.2 Å². The van der Waals surface area contributed by atoms with Gasteiger partial charge in [0.25, 0.3) is 0 Å². The summed E-state index contributed by atoms with van der Waals surface area (Å²) in [5, 5.41) is 7.51. The molecule has 0 spiro atoms. The van der Waals surface area contributed by atoms with E-state index in [0.717, 1.165) is 11.3 Å². The van der Waals surface area contributed by atoms with Gasteiger partial charge in [-0.3, -0.25) is 10.2 Å². The van der Waals surface area contributed by atoms with E-state index >= 15 is 0 Å². The van der Waals surface area contributed by atoms with Gasteiger partial charge in [0.1, 0.15) is 11.9 Å². The molecule has 134 valence electrons. The van der Waals surface area contributed by atoms with Gasteiger partial charge in [0.15, 0.2) is 0 Å². The van der Waals surface area contributed by atoms with E-state index in [9.17, 15) is 4.79 Å². The molecular formula is C18H24BrN5O. The lowest BCUT2D eigenvalue weighted by Gasteiger charge is -2.19. The Morgan fingerprint density at radius 3 is 2.68 bits per heavy atom. The molecule has 0 saturated carbocycles. The molecule has 1 aliphatic heterocycles. The third-order valence-electron chi connectivity index (χ3n) is 4.40. The van der Waals surface area contributed by atoms with Crippen LogP contribution in [0.4, 0.5) is 5.82 Å². The molecule has 2 aromatic rings. The number of amides is 1. The van der Waals surface area contributed by atoms with Crippen molar-refractivity contribution in [1.82, 2.24) is 20.6 Å². The molecule has 1 saturated heterocycles. The largest absolute Gasteiger partial charge is 0.309 e. The number of carbonyl (C=O) groups excluding carboxylic acids is 1. The molecule has 25 heavy (non-hydrogen) atoms. The Balaban J connectivity index is 1.72. The molecule has 6 nitrogen and oxygen atoms in total. The van der Waals surface area contributed by atoms with Crippen molar-refractivity contribution >= 4 is 27.7 Å². The smallest absolute Gasteiger partial charge is 0.245 e. The minimum atomic E-state index is -0.340. The average Bonchev–Trinajstić information content (AvgIpc) is 3.11. The second-order valence-electron chi connectivity index (χ2n) is 6.78. The van der Waals surface area contributed by atoms with Crippen molar-refractivity contribution in [2.24, 2.45) is 5.92 Å². The Kier molecular flexibility index (Phi) is 5.56. The van der Waals surface area contributed by atoms with Crippen LogP contribution in [0.25, 0.3) is 0 Å². The molecule has 1 aromatic carbocycles. The number of benzene rings is 1. The molecule has 0 aliphatic carbocycles. The maximum atomic E-state index is 12.7. The van der Waals surface area contributed by atoms with Gasteiger partial charge in [-0.15, -0.1) is 0 Å². The maximum Gasteiger partial charge on any atom is 0.245 e. The van der Waals surface area contributed by atoms with Crippen molar-refractivity contribution < 1.29 is 4.79 Å². The zero-order chi connectivity index (χ0) is 18.0. The van der Waals surface area contributed by atoms with Crippen LogP contribution in [0, 0.1) is 12.8 Å². The number of nitrogens with zero attached hydrogens (tertiary/aromatic N) is 2. The van der Waals surface area contributed by atoms with Crippen LogP contribution >= 0.6 is 15.9 Å². The van der Waals surface area contributed by atoms with E-state index in [1.165, 1.54) is 0 Å². The molecule has 1 aromatic heterocycles. The number of hydrogen-bond acceptors (Lipinski definition) is 4. The highest BCUT2D eigenvalue weighted by Gasteiger charge is 2.39. The summed E-state index contributed by atoms with van der Waals surface area (Å²) in [5.41, 5.74) is 8.31. The Morgan fingerprint density at radius 2 is 2.04 bits per heavy atom. The Labute approximate surface area is 156 Å². The fourth-order valence-electron chi connectivity index (χ4n) is 3.02. The summed E-state index contributed by atoms with van der Waals surface area (Å²) in [6.45, 7) is 6.81. The molecule has 2 heterocycles. The molecule has 1 fully saturated rings. The lowest BCUT2D eigenvalue weighted by atomic mass is 9.99. The number of aromatic nitrogens is 2. The van der Waals surface area contributed by atoms with E-state index in [0.29, 0.717) is 18.3 Å². The van der Waals surface area contributed by atoms with E-state index < -0.39 is 0 Å². The first-order valence-corrected chi connectivity index (χ1v) is 9.41. The zero-order valence-electron chi connectivity index (χ0n) is 14.7. The van der Waals surface area contributed by atoms with Crippen LogP contribution in [0.1, 0.15) is 25.1 Å². The number of alkyl halides is 1. The topological polar surface area (TPSA) is 71.0 Å². The number of hydrazine groups is 1. The lowest BCUT2D eigenvalue weighted by molar-refractivity contribution is -0.117. The first-order chi connectivity index (χ1) is 12.0. The molecule has 7 heteroatoms. The number of aryl methyl sites for hydroxylation is 1. The van der Waals surface area contributed by atoms with Crippen LogP contribution in [0.3, 0.4) is 0 Å². The second kappa shape index (κ2) is 7.68. The summed E-state index contributed by atoms with van der Waals surface area (Å²) < 4.78 is 1.83. The second-order valence-corrected chi connectivity index (χ2v) is 7.84. The molecule has 3 atom stereocenters. The summed E-state index contributed by atoms with van der Waals surface area (Å²) in [6, 6.07) is 11.8. The molecule has 3 unspecified atom stereocenters. The normalized spacial score (nSPS) is 23.2. The number of hydrogen-bond donors (Lipinski definition) is 3. The molecule has 1 amide bonds. The number of nitrogens with one attached hydrogen (secondary N) is 3. The van der Waals surface area contributed by atoms with Gasteiger partial charge in [0, 0.05) is 12.1 Å². The summed E-state index contributed by atoms with van der Waals surface area (Å²) in [7, 11) is 0. The van der Waals surface area contributed by atoms with Gasteiger partial charge in [0.05, 0.1) is 17.1 Å². The van der Waals surface area contributed by atoms with Crippen LogP contribution in [0.15, 0.2) is 36.4 Å². The van der Waals surface area contributed by atoms with Crippen molar-refractivity contribution in [3.63, 3.8) is 0 Å². The molecule has 0 bridgehead atoms. The predicted molar refractivity (Wildman–Crippen MR) is 103 cm³/mol. The summed E-state index contributed by atoms with van der Waals surface area (Å²) in [6.07, 6.45) is 0. The zero-order valence-corrected chi connectivity index (χ0v) is 16.2. The van der Waals surface area contributed by atoms with Gasteiger partial charge in [-0.1, -0.05) is 60.1 Å². The van der Waals surface area contributed by atoms with Gasteiger partial charge in [-0.25, -0.2) is 10.1 Å². The van der Waals surface area contributed by atoms with E-state index in [1.54, 1.807) is 0 Å². The molecule has 3 rings (SSSR count). The number of halogens is 1. The van der Waals surface area contributed by atoms with Crippen LogP contribution in [0.2, 0.25) is 0 Å². The first kappa shape index (κ1) is 18.1. The maximum absolute atomic E-state index is 12.7. The predicted octanol–water partition coefficient (Wildman–Crippen LogP) is 2.44. The number of rotatable bonds is 5. The van der Waals surface area contributed by atoms with Crippen molar-refractivity contribution in [3.8, 4) is 0 Å². The Morgan fingerprint density at radius 1 is 1.32 bits per heavy atom. The van der Waals surface area contributed by atoms with Gasteiger partial charge >= 0.3 is 0 Å². The van der Waals surface area contributed by atoms with Crippen LogP contribution in [-0.4, -0.2) is 32.6 Å². The van der Waals surface area contributed by atoms with Gasteiger partial charge < -0.3 is 5.32 Å². The quantitative estimate of drug-likeness (QED) is 0.668. The highest BCUT2D eigenvalue weighted by Crippen LogP contribution is 2.23.